The van der Waals surface area contributed by atoms with Crippen molar-refractivity contribution < 1.29 is 145 Å². The van der Waals surface area contributed by atoms with E-state index in [0.717, 1.165) is 85.3 Å². The summed E-state index contributed by atoms with van der Waals surface area (Å²) in [5.74, 6) is -17.3. The molecule has 3 aliphatic rings. The first kappa shape index (κ1) is 120. The van der Waals surface area contributed by atoms with Gasteiger partial charge in [-0.15, -0.1) is 0 Å². The minimum atomic E-state index is -5.17. The van der Waals surface area contributed by atoms with Gasteiger partial charge in [0.05, 0.1) is 49.2 Å². The second-order valence-electron chi connectivity index (χ2n) is 37.2. The van der Waals surface area contributed by atoms with Crippen molar-refractivity contribution in [2.24, 2.45) is 0 Å². The van der Waals surface area contributed by atoms with Crippen LogP contribution in [0.15, 0.2) is 107 Å². The first-order chi connectivity index (χ1) is 70.5. The van der Waals surface area contributed by atoms with E-state index in [1.54, 1.807) is 48.5 Å². The second-order valence-corrected chi connectivity index (χ2v) is 43.5. The van der Waals surface area contributed by atoms with Crippen LogP contribution in [0, 0.1) is 27.7 Å². The number of Topliss-reactive ketones (excluding diaryl/α,β-unsaturated/α-hetero) is 2. The number of sulfonamides is 2. The molecule has 0 radical (unpaired) electrons. The fourth-order valence-corrected chi connectivity index (χ4v) is 22.2. The van der Waals surface area contributed by atoms with Crippen molar-refractivity contribution in [1.82, 2.24) is 76.2 Å². The van der Waals surface area contributed by atoms with Gasteiger partial charge in [-0.1, -0.05) is 36.4 Å². The van der Waals surface area contributed by atoms with Crippen LogP contribution in [0.4, 0.5) is 0 Å². The monoisotopic (exact) mass is 2160 g/mol. The number of carbonyl (C=O) groups is 14. The molecule has 1 saturated heterocycles. The Morgan fingerprint density at radius 3 is 1.08 bits per heavy atom. The lowest BCUT2D eigenvalue weighted by Gasteiger charge is -2.33. The highest BCUT2D eigenvalue weighted by molar-refractivity contribution is 7.90. The summed E-state index contributed by atoms with van der Waals surface area (Å²) < 4.78 is 141. The van der Waals surface area contributed by atoms with E-state index in [2.05, 4.69) is 58.8 Å². The molecule has 50 heteroatoms. The first-order valence-electron chi connectivity index (χ1n) is 49.1. The molecule has 1 aliphatic heterocycles. The zero-order chi connectivity index (χ0) is 109. The quantitative estimate of drug-likeness (QED) is 0.0191. The van der Waals surface area contributed by atoms with Gasteiger partial charge in [-0.25, -0.2) is 16.8 Å². The summed E-state index contributed by atoms with van der Waals surface area (Å²) in [4.78, 5) is 199. The summed E-state index contributed by atoms with van der Waals surface area (Å²) in [6.07, 6.45) is 7.83. The summed E-state index contributed by atoms with van der Waals surface area (Å²) in [7, 11) is -19.4. The maximum absolute atomic E-state index is 14.6. The number of aromatic nitrogens is 2. The Hall–Kier alpha value is -12.8. The van der Waals surface area contributed by atoms with Crippen molar-refractivity contribution >= 4 is 123 Å². The summed E-state index contributed by atoms with van der Waals surface area (Å²) >= 11 is 0. The molecule has 1 fully saturated rings. The lowest BCUT2D eigenvalue weighted by molar-refractivity contribution is -0.140. The van der Waals surface area contributed by atoms with Crippen LogP contribution in [0.3, 0.4) is 0 Å². The molecule has 4 aromatic carbocycles. The molecule has 46 nitrogen and oxygen atoms in total. The average Bonchev–Trinajstić information content (AvgIpc) is 0.788. The van der Waals surface area contributed by atoms with Crippen LogP contribution in [0.2, 0.25) is 0 Å². The van der Waals surface area contributed by atoms with E-state index in [1.807, 2.05) is 12.1 Å². The number of fused-ring (bicyclic) bond motifs is 2. The van der Waals surface area contributed by atoms with E-state index < -0.39 is 230 Å². The number of pyridine rings is 2. The van der Waals surface area contributed by atoms with Crippen LogP contribution < -0.4 is 56.1 Å². The van der Waals surface area contributed by atoms with E-state index in [0.29, 0.717) is 25.7 Å². The highest BCUT2D eigenvalue weighted by Crippen LogP contribution is 2.30. The molecule has 16 N–H and O–H groups in total. The predicted molar refractivity (Wildman–Crippen MR) is 540 cm³/mol. The van der Waals surface area contributed by atoms with E-state index in [4.69, 9.17) is 19.4 Å². The average molecular weight is 2160 g/mol. The van der Waals surface area contributed by atoms with Crippen LogP contribution in [-0.2, 0) is 149 Å². The fourth-order valence-electron chi connectivity index (χ4n) is 17.5. The van der Waals surface area contributed by atoms with Gasteiger partial charge >= 0.3 is 29.8 Å². The summed E-state index contributed by atoms with van der Waals surface area (Å²) in [6, 6.07) is 17.7. The maximum atomic E-state index is 14.6. The van der Waals surface area contributed by atoms with Crippen LogP contribution in [0.25, 0.3) is 0 Å². The third kappa shape index (κ3) is 41.6. The lowest BCUT2D eigenvalue weighted by Crippen LogP contribution is -2.55. The smallest absolute Gasteiger partial charge is 0.323 e. The Labute approximate surface area is 864 Å². The van der Waals surface area contributed by atoms with Crippen LogP contribution in [0.5, 0.6) is 11.5 Å². The van der Waals surface area contributed by atoms with Gasteiger partial charge < -0.3 is 72.2 Å². The molecular weight excluding hydrogens is 2020 g/mol. The Morgan fingerprint density at radius 1 is 0.376 bits per heavy atom. The van der Waals surface area contributed by atoms with E-state index >= 15 is 0 Å². The molecule has 149 heavy (non-hydrogen) atoms. The van der Waals surface area contributed by atoms with Gasteiger partial charge in [0.25, 0.3) is 32.1 Å². The van der Waals surface area contributed by atoms with Gasteiger partial charge in [-0.05, 0) is 242 Å². The number of carboxylic acid groups (broad SMARTS) is 5. The molecule has 2 aromatic heterocycles. The van der Waals surface area contributed by atoms with Crippen molar-refractivity contribution in [3.05, 3.63) is 175 Å². The Kier molecular flexibility index (Phi) is 46.5. The van der Waals surface area contributed by atoms with Gasteiger partial charge in [0.15, 0.2) is 11.6 Å². The number of aliphatic carboxylic acids is 5. The molecule has 0 spiro atoms. The number of carbonyl (C=O) groups excluding carboxylic acids is 9. The SMILES string of the molecule is Cc1cc(OCCCC(=O)NCCCC(=O)[C@H](CS(=O)(=O)O)NC(=O)CCC(NC(=O)CN2CCN(CC(=O)O)CCN(CC(=O)O)CCN(CC(=O)O)CC2)C(=O)N[C@@H](CS(=O)(=O)O)C(=O)CCCNC(=O)CCCOc2cc(C)c(S(=O)(=O)NC(CNC(=O)c3ccc(CCc4ccc5c(n4)CCCC5)cc3)C(=O)O)c(C)c2)cc(C)c1S(=O)(=O)NC(CNC(=O)c1ccc(CCc2ccc3c(n2)CCCC3)cc1)C(=O)O. The third-order valence-corrected chi connectivity index (χ3v) is 30.2. The predicted octanol–water partition coefficient (Wildman–Crippen LogP) is 1.80. The molecule has 9 rings (SSSR count). The highest BCUT2D eigenvalue weighted by atomic mass is 32.2. The van der Waals surface area contributed by atoms with E-state index in [-0.39, 0.29) is 172 Å². The number of ketones is 2. The van der Waals surface area contributed by atoms with Crippen molar-refractivity contribution in [3.8, 4) is 11.5 Å². The zero-order valence-electron chi connectivity index (χ0n) is 83.6. The molecule has 5 atom stereocenters. The minimum absolute atomic E-state index is 0.0145. The van der Waals surface area contributed by atoms with Gasteiger partial charge in [0, 0.05) is 145 Å². The molecular formula is C99H133N15O31S4. The molecule has 6 aromatic rings. The first-order valence-corrected chi connectivity index (χ1v) is 55.3. The van der Waals surface area contributed by atoms with Crippen molar-refractivity contribution in [1.29, 1.82) is 0 Å². The van der Waals surface area contributed by atoms with Gasteiger partial charge in [0.1, 0.15) is 53.2 Å². The van der Waals surface area contributed by atoms with Gasteiger partial charge in [0.2, 0.25) is 49.6 Å². The van der Waals surface area contributed by atoms with Gasteiger partial charge in [-0.3, -0.25) is 106 Å². The number of carboxylic acids is 5. The second kappa shape index (κ2) is 57.9. The number of hydrogen-bond donors (Lipinski definition) is 16. The molecule has 3 unspecified atom stereocenters. The third-order valence-electron chi connectivity index (χ3n) is 25.1. The van der Waals surface area contributed by atoms with Gasteiger partial charge in [-0.2, -0.15) is 26.3 Å². The standard InChI is InChI=1S/C99H133N15O31S4/c1-63-51-75(52-64(2)93(63)148(140,141)109-80(98(130)131)55-102-95(127)71-27-21-67(22-28-71)25-33-73-35-31-69-13-5-7-15-77(69)104-73)144-49-11-19-86(117)100-39-9-17-84(115)82(61-146(134,135)136)107-88(119)38-37-79(106-89(120)57-111-41-43-112(58-90(121)122)45-47-114(60-92(125)126)48-46-113(44-42-111)59-91(123)124)97(129)108-83(62-147(137,138)139)85(116)18-10-40-101-87(118)20-12-50-145-76-53-65(3)94(66(4)54-76)149(142,143)110-81(99(132)133)56-103-96(128)72-29-23-68(24-30-72)26-34-74-36-32-70-14-6-8-16-78(70)105-74/h21-24,27-32,35-36,51-54,79-83,109-110H,5-20,25-26,33-34,37-50,55-62H2,1-4H3,(H,100,117)(H,101,118)(H,102,127)(H,103,128)(H,106,120)(H,107,119)(H,108,129)(H,121,122)(H,123,124)(H,125,126)(H,130,131)(H,132,133)(H,134,135,136)(H,137,138,139)/t79?,80?,81?,82-,83-/m0/s1. The highest BCUT2D eigenvalue weighted by Gasteiger charge is 2.36. The maximum Gasteiger partial charge on any atom is 0.323 e. The normalized spacial score (nSPS) is 15.2. The number of ether oxygens (including phenoxy) is 2. The molecule has 814 valence electrons. The Balaban J connectivity index is 0.751. The van der Waals surface area contributed by atoms with Crippen molar-refractivity contribution in [2.75, 3.05) is 129 Å². The van der Waals surface area contributed by atoms with E-state index in [1.165, 1.54) is 82.7 Å². The summed E-state index contributed by atoms with van der Waals surface area (Å²) in [5, 5.41) is 66.3. The number of nitrogens with zero attached hydrogens (tertiary/aromatic N) is 6. The molecule has 0 bridgehead atoms. The number of benzene rings is 4. The fraction of sp³-hybridized carbons (Fsp3) is 0.515. The van der Waals surface area contributed by atoms with Crippen LogP contribution >= 0.6 is 0 Å². The topological polar surface area (TPSA) is 683 Å². The Bertz CT molecular complexity index is 6180. The minimum Gasteiger partial charge on any atom is -0.494 e. The Morgan fingerprint density at radius 2 is 0.725 bits per heavy atom. The molecule has 2 aliphatic carbocycles. The van der Waals surface area contributed by atoms with Crippen molar-refractivity contribution in [2.45, 2.75) is 209 Å². The van der Waals surface area contributed by atoms with Crippen LogP contribution in [0.1, 0.15) is 178 Å². The van der Waals surface area contributed by atoms with E-state index in [9.17, 15) is 135 Å². The number of rotatable bonds is 59. The summed E-state index contributed by atoms with van der Waals surface area (Å²) in [5.41, 5.74) is 9.76. The number of amides is 7. The number of nitrogens with one attached hydrogen (secondary N) is 9. The summed E-state index contributed by atoms with van der Waals surface area (Å²) in [6.45, 7) is 1.31. The number of hydrogen-bond acceptors (Lipinski definition) is 30. The largest absolute Gasteiger partial charge is 0.494 e. The van der Waals surface area contributed by atoms with Crippen LogP contribution in [-0.4, -0.2) is 340 Å². The molecule has 0 saturated carbocycles. The lowest BCUT2D eigenvalue weighted by atomic mass is 9.95. The zero-order valence-corrected chi connectivity index (χ0v) is 86.8. The number of aryl methyl sites for hydroxylation is 12. The van der Waals surface area contributed by atoms with Crippen molar-refractivity contribution in [3.63, 3.8) is 0 Å². The molecule has 7 amide bonds. The molecule has 3 heterocycles.